The van der Waals surface area contributed by atoms with E-state index in [1.807, 2.05) is 19.9 Å². The first-order valence-electron chi connectivity index (χ1n) is 6.33. The van der Waals surface area contributed by atoms with Gasteiger partial charge in [-0.15, -0.1) is 9.60 Å². The van der Waals surface area contributed by atoms with E-state index in [0.717, 1.165) is 24.4 Å². The summed E-state index contributed by atoms with van der Waals surface area (Å²) in [7, 11) is 0. The van der Waals surface area contributed by atoms with Gasteiger partial charge in [-0.05, 0) is 30.7 Å². The minimum Gasteiger partial charge on any atom is -0.140 e. The Bertz CT molecular complexity index is 313. The Labute approximate surface area is 97.2 Å². The Morgan fingerprint density at radius 1 is 1.00 bits per heavy atom. The van der Waals surface area contributed by atoms with Crippen LogP contribution in [0.4, 0.5) is 4.48 Å². The second kappa shape index (κ2) is 4.96. The molecule has 2 saturated heterocycles. The lowest BCUT2D eigenvalue weighted by Gasteiger charge is -2.49. The van der Waals surface area contributed by atoms with Crippen molar-refractivity contribution < 1.29 is 4.48 Å². The molecule has 2 unspecified atom stereocenters. The molecule has 2 heterocycles. The standard InChI is InChI=1S/C12H14FN.C2H6/c13-14-11-6-10(7-12(14)8-11)9-4-2-1-3-5-9;1-2/h1-5,10-12H,6-8H2;1-2H3. The summed E-state index contributed by atoms with van der Waals surface area (Å²) in [6.45, 7) is 4.00. The molecular weight excluding hydrogens is 201 g/mol. The average molecular weight is 221 g/mol. The van der Waals surface area contributed by atoms with Gasteiger partial charge in [-0.25, -0.2) is 0 Å². The maximum Gasteiger partial charge on any atom is 0.0427 e. The molecule has 0 N–H and O–H groups in total. The highest BCUT2D eigenvalue weighted by Gasteiger charge is 2.46. The first kappa shape index (κ1) is 11.6. The van der Waals surface area contributed by atoms with Gasteiger partial charge in [0.2, 0.25) is 0 Å². The topological polar surface area (TPSA) is 3.24 Å². The molecule has 16 heavy (non-hydrogen) atoms. The van der Waals surface area contributed by atoms with E-state index in [1.165, 1.54) is 5.56 Å². The number of halogens is 1. The number of piperidine rings is 1. The highest BCUT2D eigenvalue weighted by atomic mass is 19.2. The average Bonchev–Trinajstić information content (AvgIpc) is 2.41. The van der Waals surface area contributed by atoms with E-state index in [-0.39, 0.29) is 12.1 Å². The van der Waals surface area contributed by atoms with Gasteiger partial charge in [0.1, 0.15) is 0 Å². The van der Waals surface area contributed by atoms with Gasteiger partial charge in [0, 0.05) is 12.1 Å². The number of fused-ring (bicyclic) bond motifs is 2. The van der Waals surface area contributed by atoms with Crippen LogP contribution in [0.2, 0.25) is 0 Å². The highest BCUT2D eigenvalue weighted by molar-refractivity contribution is 5.22. The molecule has 1 aliphatic carbocycles. The minimum atomic E-state index is 0.207. The summed E-state index contributed by atoms with van der Waals surface area (Å²) in [4.78, 5) is 0. The van der Waals surface area contributed by atoms with Crippen LogP contribution in [0.3, 0.4) is 0 Å². The lowest BCUT2D eigenvalue weighted by Crippen LogP contribution is -2.55. The van der Waals surface area contributed by atoms with Crippen molar-refractivity contribution in [1.82, 2.24) is 5.12 Å². The predicted octanol–water partition coefficient (Wildman–Crippen LogP) is 3.92. The first-order valence-corrected chi connectivity index (χ1v) is 6.33. The molecule has 1 aromatic rings. The molecule has 2 heteroatoms. The van der Waals surface area contributed by atoms with Crippen LogP contribution >= 0.6 is 0 Å². The number of nitrogens with zero attached hydrogens (tertiary/aromatic N) is 1. The van der Waals surface area contributed by atoms with Crippen molar-refractivity contribution in [1.29, 1.82) is 0 Å². The summed E-state index contributed by atoms with van der Waals surface area (Å²) in [5.74, 6) is 0.590. The maximum absolute atomic E-state index is 13.1. The van der Waals surface area contributed by atoms with Crippen molar-refractivity contribution in [2.45, 2.75) is 51.1 Å². The molecule has 2 bridgehead atoms. The summed E-state index contributed by atoms with van der Waals surface area (Å²) in [5, 5.41) is 1.06. The molecule has 0 aromatic heterocycles. The third-order valence-corrected chi connectivity index (χ3v) is 3.63. The van der Waals surface area contributed by atoms with E-state index in [9.17, 15) is 4.48 Å². The van der Waals surface area contributed by atoms with E-state index >= 15 is 0 Å². The van der Waals surface area contributed by atoms with Gasteiger partial charge in [0.15, 0.2) is 0 Å². The molecule has 2 atom stereocenters. The zero-order chi connectivity index (χ0) is 11.5. The van der Waals surface area contributed by atoms with E-state index in [0.29, 0.717) is 5.92 Å². The van der Waals surface area contributed by atoms with Crippen molar-refractivity contribution in [2.24, 2.45) is 0 Å². The predicted molar refractivity (Wildman–Crippen MR) is 64.9 cm³/mol. The number of hydrogen-bond acceptors (Lipinski definition) is 1. The van der Waals surface area contributed by atoms with Gasteiger partial charge in [-0.1, -0.05) is 44.2 Å². The summed E-state index contributed by atoms with van der Waals surface area (Å²) in [5.41, 5.74) is 1.38. The van der Waals surface area contributed by atoms with Gasteiger partial charge >= 0.3 is 0 Å². The zero-order valence-corrected chi connectivity index (χ0v) is 10.1. The Kier molecular flexibility index (Phi) is 3.59. The quantitative estimate of drug-likeness (QED) is 0.650. The van der Waals surface area contributed by atoms with E-state index in [2.05, 4.69) is 24.3 Å². The number of benzene rings is 1. The fraction of sp³-hybridized carbons (Fsp3) is 0.571. The maximum atomic E-state index is 13.1. The second-order valence-corrected chi connectivity index (χ2v) is 4.47. The van der Waals surface area contributed by atoms with E-state index < -0.39 is 0 Å². The molecule has 1 aromatic carbocycles. The Morgan fingerprint density at radius 3 is 2.06 bits per heavy atom. The van der Waals surface area contributed by atoms with Gasteiger partial charge in [0.05, 0.1) is 0 Å². The zero-order valence-electron chi connectivity index (χ0n) is 10.1. The molecular formula is C14H20FN. The summed E-state index contributed by atoms with van der Waals surface area (Å²) in [6, 6.07) is 10.9. The van der Waals surface area contributed by atoms with Crippen molar-refractivity contribution in [2.75, 3.05) is 0 Å². The van der Waals surface area contributed by atoms with Gasteiger partial charge in [-0.3, -0.25) is 0 Å². The Hall–Kier alpha value is -0.890. The van der Waals surface area contributed by atoms with Crippen LogP contribution in [-0.2, 0) is 0 Å². The van der Waals surface area contributed by atoms with Gasteiger partial charge in [-0.2, -0.15) is 0 Å². The lowest BCUT2D eigenvalue weighted by molar-refractivity contribution is -0.173. The third-order valence-electron chi connectivity index (χ3n) is 3.63. The monoisotopic (exact) mass is 221 g/mol. The van der Waals surface area contributed by atoms with E-state index in [4.69, 9.17) is 0 Å². The van der Waals surface area contributed by atoms with Crippen LogP contribution in [0.5, 0.6) is 0 Å². The lowest BCUT2D eigenvalue weighted by atomic mass is 9.73. The van der Waals surface area contributed by atoms with Crippen LogP contribution in [0.25, 0.3) is 0 Å². The second-order valence-electron chi connectivity index (χ2n) is 4.47. The number of hydrogen-bond donors (Lipinski definition) is 0. The molecule has 2 aliphatic heterocycles. The van der Waals surface area contributed by atoms with Crippen LogP contribution in [0.15, 0.2) is 30.3 Å². The Balaban J connectivity index is 0.000000457. The van der Waals surface area contributed by atoms with Crippen molar-refractivity contribution in [3.05, 3.63) is 35.9 Å². The van der Waals surface area contributed by atoms with Crippen molar-refractivity contribution >= 4 is 0 Å². The molecule has 0 radical (unpaired) electrons. The van der Waals surface area contributed by atoms with Crippen LogP contribution in [-0.4, -0.2) is 17.2 Å². The Morgan fingerprint density at radius 2 is 1.56 bits per heavy atom. The summed E-state index contributed by atoms with van der Waals surface area (Å²) >= 11 is 0. The molecule has 88 valence electrons. The molecule has 0 spiro atoms. The first-order chi connectivity index (χ1) is 7.84. The summed E-state index contributed by atoms with van der Waals surface area (Å²) < 4.78 is 13.1. The number of rotatable bonds is 1. The van der Waals surface area contributed by atoms with Crippen molar-refractivity contribution in [3.63, 3.8) is 0 Å². The molecule has 1 saturated carbocycles. The fourth-order valence-electron chi connectivity index (χ4n) is 2.82. The smallest absolute Gasteiger partial charge is 0.0427 e. The van der Waals surface area contributed by atoms with Gasteiger partial charge < -0.3 is 0 Å². The van der Waals surface area contributed by atoms with Crippen LogP contribution < -0.4 is 0 Å². The minimum absolute atomic E-state index is 0.207. The molecule has 3 aliphatic rings. The largest absolute Gasteiger partial charge is 0.140 e. The van der Waals surface area contributed by atoms with Crippen LogP contribution in [0.1, 0.15) is 44.6 Å². The molecule has 4 rings (SSSR count). The van der Waals surface area contributed by atoms with Gasteiger partial charge in [0.25, 0.3) is 0 Å². The summed E-state index contributed by atoms with van der Waals surface area (Å²) in [6.07, 6.45) is 3.06. The highest BCUT2D eigenvalue weighted by Crippen LogP contribution is 2.45. The fourth-order valence-corrected chi connectivity index (χ4v) is 2.82. The SMILES string of the molecule is CC.FN1C2CC(c3ccccc3)CC1C2. The molecule has 3 fully saturated rings. The molecule has 0 amide bonds. The van der Waals surface area contributed by atoms with Crippen LogP contribution in [0, 0.1) is 0 Å². The third kappa shape index (κ3) is 1.99. The van der Waals surface area contributed by atoms with Crippen molar-refractivity contribution in [3.8, 4) is 0 Å². The van der Waals surface area contributed by atoms with E-state index in [1.54, 1.807) is 0 Å². The normalized spacial score (nSPS) is 32.3. The molecule has 1 nitrogen and oxygen atoms in total.